The third kappa shape index (κ3) is 5.50. The van der Waals surface area contributed by atoms with E-state index in [0.717, 1.165) is 12.8 Å². The van der Waals surface area contributed by atoms with Crippen molar-refractivity contribution in [3.05, 3.63) is 0 Å². The molecular formula is C12H18N4O3S2. The van der Waals surface area contributed by atoms with Gasteiger partial charge < -0.3 is 10.1 Å². The summed E-state index contributed by atoms with van der Waals surface area (Å²) in [5.41, 5.74) is 0. The maximum Gasteiger partial charge on any atom is 0.321 e. The molecule has 0 aliphatic heterocycles. The second kappa shape index (κ2) is 7.08. The molecule has 21 heavy (non-hydrogen) atoms. The van der Waals surface area contributed by atoms with Crippen molar-refractivity contribution in [3.63, 3.8) is 0 Å². The number of hydrogen-bond acceptors (Lipinski definition) is 7. The zero-order valence-electron chi connectivity index (χ0n) is 12.1. The molecule has 1 aliphatic carbocycles. The first-order chi connectivity index (χ1) is 9.94. The fourth-order valence-corrected chi connectivity index (χ4v) is 3.31. The van der Waals surface area contributed by atoms with Crippen molar-refractivity contribution in [2.24, 2.45) is 0 Å². The summed E-state index contributed by atoms with van der Waals surface area (Å²) in [7, 11) is 0. The zero-order chi connectivity index (χ0) is 15.4. The molecule has 0 saturated heterocycles. The number of carbonyl (C=O) groups excluding carboxylic acids is 2. The van der Waals surface area contributed by atoms with Gasteiger partial charge in [-0.25, -0.2) is 4.79 Å². The van der Waals surface area contributed by atoms with E-state index in [0.29, 0.717) is 9.53 Å². The van der Waals surface area contributed by atoms with Crippen LogP contribution >= 0.6 is 23.1 Å². The van der Waals surface area contributed by atoms with E-state index < -0.39 is 11.3 Å². The molecule has 0 aromatic carbocycles. The van der Waals surface area contributed by atoms with Gasteiger partial charge in [-0.1, -0.05) is 16.9 Å². The number of aromatic nitrogens is 2. The number of thioether (sulfide) groups is 1. The Morgan fingerprint density at radius 1 is 1.33 bits per heavy atom. The standard InChI is InChI=1S/C12H18N4O3S2/c1-6(2)19-11-15-16-12(21-11)20-7(3)9(17)14-10(18)13-8-4-5-8/h6-8H,4-5H2,1-3H3,(H2,13,14,17,18)/t7-/m1/s1. The molecule has 7 nitrogen and oxygen atoms in total. The summed E-state index contributed by atoms with van der Waals surface area (Å²) in [6.07, 6.45) is 1.99. The molecule has 1 atom stereocenters. The van der Waals surface area contributed by atoms with Crippen molar-refractivity contribution < 1.29 is 14.3 Å². The molecule has 116 valence electrons. The highest BCUT2D eigenvalue weighted by molar-refractivity contribution is 8.02. The Hall–Kier alpha value is -1.35. The van der Waals surface area contributed by atoms with Crippen molar-refractivity contribution in [1.29, 1.82) is 0 Å². The Morgan fingerprint density at radius 2 is 2.05 bits per heavy atom. The van der Waals surface area contributed by atoms with E-state index in [9.17, 15) is 9.59 Å². The number of carbonyl (C=O) groups is 2. The molecule has 2 N–H and O–H groups in total. The first-order valence-corrected chi connectivity index (χ1v) is 8.42. The number of imide groups is 1. The van der Waals surface area contributed by atoms with E-state index in [1.165, 1.54) is 23.1 Å². The Balaban J connectivity index is 1.79. The second-order valence-corrected chi connectivity index (χ2v) is 7.53. The Bertz CT molecular complexity index is 516. The fourth-order valence-electron chi connectivity index (χ4n) is 1.36. The molecule has 1 aliphatic rings. The average Bonchev–Trinajstić information content (AvgIpc) is 3.08. The summed E-state index contributed by atoms with van der Waals surface area (Å²) in [6, 6.07) is -0.212. The lowest BCUT2D eigenvalue weighted by atomic mass is 10.4. The van der Waals surface area contributed by atoms with E-state index in [-0.39, 0.29) is 18.1 Å². The van der Waals surface area contributed by atoms with Crippen LogP contribution in [0.4, 0.5) is 4.79 Å². The summed E-state index contributed by atoms with van der Waals surface area (Å²) < 4.78 is 6.05. The lowest BCUT2D eigenvalue weighted by Gasteiger charge is -2.09. The van der Waals surface area contributed by atoms with E-state index in [2.05, 4.69) is 20.8 Å². The first-order valence-electron chi connectivity index (χ1n) is 6.72. The van der Waals surface area contributed by atoms with E-state index in [1.54, 1.807) is 6.92 Å². The summed E-state index contributed by atoms with van der Waals surface area (Å²) >= 11 is 2.53. The lowest BCUT2D eigenvalue weighted by molar-refractivity contribution is -0.119. The highest BCUT2D eigenvalue weighted by Crippen LogP contribution is 2.30. The fraction of sp³-hybridized carbons (Fsp3) is 0.667. The molecule has 1 aromatic heterocycles. The third-order valence-electron chi connectivity index (χ3n) is 2.52. The van der Waals surface area contributed by atoms with E-state index in [4.69, 9.17) is 4.74 Å². The maximum atomic E-state index is 11.9. The number of amides is 3. The van der Waals surface area contributed by atoms with E-state index >= 15 is 0 Å². The summed E-state index contributed by atoms with van der Waals surface area (Å²) in [5, 5.41) is 12.9. The van der Waals surface area contributed by atoms with Gasteiger partial charge in [-0.15, -0.1) is 5.10 Å². The largest absolute Gasteiger partial charge is 0.466 e. The van der Waals surface area contributed by atoms with Crippen LogP contribution in [0.5, 0.6) is 5.19 Å². The van der Waals surface area contributed by atoms with Gasteiger partial charge in [0.2, 0.25) is 5.91 Å². The quantitative estimate of drug-likeness (QED) is 0.773. The summed E-state index contributed by atoms with van der Waals surface area (Å²) in [6.45, 7) is 5.53. The third-order valence-corrected chi connectivity index (χ3v) is 4.52. The molecule has 1 saturated carbocycles. The molecule has 1 fully saturated rings. The zero-order valence-corrected chi connectivity index (χ0v) is 13.7. The van der Waals surface area contributed by atoms with Crippen LogP contribution in [0, 0.1) is 0 Å². The number of rotatable bonds is 6. The van der Waals surface area contributed by atoms with Crippen LogP contribution in [0.3, 0.4) is 0 Å². The van der Waals surface area contributed by atoms with Gasteiger partial charge in [-0.3, -0.25) is 10.1 Å². The van der Waals surface area contributed by atoms with Crippen molar-refractivity contribution >= 4 is 35.0 Å². The van der Waals surface area contributed by atoms with Crippen LogP contribution in [-0.2, 0) is 4.79 Å². The van der Waals surface area contributed by atoms with Crippen LogP contribution in [-0.4, -0.2) is 39.5 Å². The Kier molecular flexibility index (Phi) is 5.40. The molecule has 0 unspecified atom stereocenters. The van der Waals surface area contributed by atoms with Crippen LogP contribution < -0.4 is 15.4 Å². The lowest BCUT2D eigenvalue weighted by Crippen LogP contribution is -2.43. The van der Waals surface area contributed by atoms with Crippen LogP contribution in [0.25, 0.3) is 0 Å². The highest BCUT2D eigenvalue weighted by atomic mass is 32.2. The smallest absolute Gasteiger partial charge is 0.321 e. The van der Waals surface area contributed by atoms with Crippen molar-refractivity contribution in [1.82, 2.24) is 20.8 Å². The first kappa shape index (κ1) is 16.0. The molecule has 1 aromatic rings. The highest BCUT2D eigenvalue weighted by Gasteiger charge is 2.25. The van der Waals surface area contributed by atoms with Crippen LogP contribution in [0.15, 0.2) is 4.34 Å². The van der Waals surface area contributed by atoms with Gasteiger partial charge in [0, 0.05) is 6.04 Å². The monoisotopic (exact) mass is 330 g/mol. The number of nitrogens with zero attached hydrogens (tertiary/aromatic N) is 2. The second-order valence-electron chi connectivity index (χ2n) is 5.00. The normalized spacial score (nSPS) is 15.6. The molecule has 3 amide bonds. The van der Waals surface area contributed by atoms with Crippen molar-refractivity contribution in [2.45, 2.75) is 55.3 Å². The number of urea groups is 1. The van der Waals surface area contributed by atoms with Crippen molar-refractivity contribution in [3.8, 4) is 5.19 Å². The predicted octanol–water partition coefficient (Wildman–Crippen LogP) is 1.79. The molecule has 0 bridgehead atoms. The number of ether oxygens (including phenoxy) is 1. The Morgan fingerprint density at radius 3 is 2.67 bits per heavy atom. The molecule has 9 heteroatoms. The number of nitrogens with one attached hydrogen (secondary N) is 2. The van der Waals surface area contributed by atoms with Crippen LogP contribution in [0.1, 0.15) is 33.6 Å². The number of hydrogen-bond donors (Lipinski definition) is 2. The summed E-state index contributed by atoms with van der Waals surface area (Å²) in [4.78, 5) is 23.4. The van der Waals surface area contributed by atoms with Gasteiger partial charge >= 0.3 is 6.03 Å². The summed E-state index contributed by atoms with van der Waals surface area (Å²) in [5.74, 6) is -0.348. The molecule has 0 spiro atoms. The molecular weight excluding hydrogens is 312 g/mol. The van der Waals surface area contributed by atoms with Gasteiger partial charge in [0.25, 0.3) is 5.19 Å². The van der Waals surface area contributed by atoms with Crippen molar-refractivity contribution in [2.75, 3.05) is 0 Å². The molecule has 2 rings (SSSR count). The van der Waals surface area contributed by atoms with Gasteiger partial charge in [0.15, 0.2) is 4.34 Å². The molecule has 1 heterocycles. The van der Waals surface area contributed by atoms with Gasteiger partial charge in [-0.2, -0.15) is 0 Å². The minimum Gasteiger partial charge on any atom is -0.466 e. The predicted molar refractivity (Wildman–Crippen MR) is 80.7 cm³/mol. The minimum absolute atomic E-state index is 0.0302. The van der Waals surface area contributed by atoms with E-state index in [1.807, 2.05) is 13.8 Å². The van der Waals surface area contributed by atoms with Crippen LogP contribution in [0.2, 0.25) is 0 Å². The van der Waals surface area contributed by atoms with Gasteiger partial charge in [0.05, 0.1) is 11.4 Å². The topological polar surface area (TPSA) is 93.2 Å². The van der Waals surface area contributed by atoms with Gasteiger partial charge in [0.1, 0.15) is 0 Å². The van der Waals surface area contributed by atoms with Gasteiger partial charge in [-0.05, 0) is 44.9 Å². The Labute approximate surface area is 131 Å². The molecule has 0 radical (unpaired) electrons. The maximum absolute atomic E-state index is 11.9. The average molecular weight is 330 g/mol. The minimum atomic E-state index is -0.435. The SMILES string of the molecule is CC(C)Oc1nnc(S[C@H](C)C(=O)NC(=O)NC2CC2)s1.